The third-order valence-electron chi connectivity index (χ3n) is 6.30. The summed E-state index contributed by atoms with van der Waals surface area (Å²) in [5.41, 5.74) is 1.16. The number of hydrogen-bond acceptors (Lipinski definition) is 2. The number of piperidine rings is 2. The number of nitrogens with zero attached hydrogens (tertiary/aromatic N) is 2. The van der Waals surface area contributed by atoms with Crippen LogP contribution in [0, 0.1) is 5.92 Å². The van der Waals surface area contributed by atoms with Crippen molar-refractivity contribution in [1.82, 2.24) is 4.90 Å². The van der Waals surface area contributed by atoms with Gasteiger partial charge in [0.2, 0.25) is 0 Å². The first-order valence-corrected chi connectivity index (χ1v) is 8.89. The molecule has 0 N–H and O–H groups in total. The fourth-order valence-corrected chi connectivity index (χ4v) is 5.09. The van der Waals surface area contributed by atoms with Crippen LogP contribution in [0.1, 0.15) is 52.8 Å². The van der Waals surface area contributed by atoms with Crippen LogP contribution in [0.5, 0.6) is 0 Å². The molecule has 0 saturated carbocycles. The number of carbonyl (C=O) groups excluding carboxylic acids is 2. The molecule has 4 nitrogen and oxygen atoms in total. The minimum Gasteiger partial charge on any atom is -0.323 e. The van der Waals surface area contributed by atoms with Crippen molar-refractivity contribution in [3.05, 3.63) is 35.4 Å². The molecular weight excluding hydrogens is 288 g/mol. The van der Waals surface area contributed by atoms with Crippen molar-refractivity contribution in [1.29, 1.82) is 0 Å². The van der Waals surface area contributed by atoms with Gasteiger partial charge in [0.05, 0.1) is 37.3 Å². The summed E-state index contributed by atoms with van der Waals surface area (Å²) in [4.78, 5) is 26.8. The molecule has 3 aliphatic heterocycles. The lowest BCUT2D eigenvalue weighted by Crippen LogP contribution is -2.62. The SMILES string of the molecule is C[N+]12CCCC[C@@H]1[C@H](CN1C(=O)c3ccccc3C1=O)CCC2. The Morgan fingerprint density at radius 1 is 1.00 bits per heavy atom. The topological polar surface area (TPSA) is 37.4 Å². The molecule has 0 aliphatic carbocycles. The van der Waals surface area contributed by atoms with E-state index in [1.54, 1.807) is 12.1 Å². The Morgan fingerprint density at radius 3 is 2.35 bits per heavy atom. The highest BCUT2D eigenvalue weighted by atomic mass is 16.2. The summed E-state index contributed by atoms with van der Waals surface area (Å²) in [6, 6.07) is 7.84. The highest BCUT2D eigenvalue weighted by Crippen LogP contribution is 2.37. The van der Waals surface area contributed by atoms with Crippen molar-refractivity contribution in [3.8, 4) is 0 Å². The molecule has 122 valence electrons. The Bertz CT molecular complexity index is 618. The van der Waals surface area contributed by atoms with Crippen molar-refractivity contribution in [3.63, 3.8) is 0 Å². The Hall–Kier alpha value is -1.68. The van der Waals surface area contributed by atoms with E-state index in [0.29, 0.717) is 29.6 Å². The van der Waals surface area contributed by atoms with Gasteiger partial charge in [0.1, 0.15) is 0 Å². The Kier molecular flexibility index (Phi) is 3.52. The molecule has 0 aromatic heterocycles. The molecule has 23 heavy (non-hydrogen) atoms. The molecule has 3 heterocycles. The van der Waals surface area contributed by atoms with Crippen LogP contribution in [-0.4, -0.2) is 53.9 Å². The zero-order chi connectivity index (χ0) is 16.0. The maximum absolute atomic E-state index is 12.6. The van der Waals surface area contributed by atoms with E-state index in [4.69, 9.17) is 0 Å². The van der Waals surface area contributed by atoms with Gasteiger partial charge in [-0.3, -0.25) is 14.5 Å². The number of quaternary nitrogens is 1. The Labute approximate surface area is 137 Å². The van der Waals surface area contributed by atoms with Crippen LogP contribution in [0.4, 0.5) is 0 Å². The molecule has 2 saturated heterocycles. The quantitative estimate of drug-likeness (QED) is 0.622. The molecule has 1 aromatic rings. The number of hydrogen-bond donors (Lipinski definition) is 0. The zero-order valence-corrected chi connectivity index (χ0v) is 13.8. The monoisotopic (exact) mass is 313 g/mol. The lowest BCUT2D eigenvalue weighted by atomic mass is 9.81. The number of imide groups is 1. The number of amides is 2. The smallest absolute Gasteiger partial charge is 0.261 e. The van der Waals surface area contributed by atoms with Crippen molar-refractivity contribution < 1.29 is 14.1 Å². The summed E-state index contributed by atoms with van der Waals surface area (Å²) < 4.78 is 1.15. The average molecular weight is 313 g/mol. The van der Waals surface area contributed by atoms with Crippen LogP contribution in [-0.2, 0) is 0 Å². The maximum atomic E-state index is 12.6. The van der Waals surface area contributed by atoms with Gasteiger partial charge < -0.3 is 4.48 Å². The predicted molar refractivity (Wildman–Crippen MR) is 88.1 cm³/mol. The highest BCUT2D eigenvalue weighted by Gasteiger charge is 2.46. The predicted octanol–water partition coefficient (Wildman–Crippen LogP) is 2.69. The van der Waals surface area contributed by atoms with E-state index in [2.05, 4.69) is 7.05 Å². The van der Waals surface area contributed by atoms with Gasteiger partial charge in [-0.15, -0.1) is 0 Å². The van der Waals surface area contributed by atoms with Crippen molar-refractivity contribution in [2.45, 2.75) is 38.1 Å². The zero-order valence-electron chi connectivity index (χ0n) is 13.8. The minimum absolute atomic E-state index is 0.0961. The first kappa shape index (κ1) is 14.9. The van der Waals surface area contributed by atoms with E-state index < -0.39 is 0 Å². The lowest BCUT2D eigenvalue weighted by Gasteiger charge is -2.51. The van der Waals surface area contributed by atoms with Crippen LogP contribution >= 0.6 is 0 Å². The lowest BCUT2D eigenvalue weighted by molar-refractivity contribution is -0.947. The summed E-state index contributed by atoms with van der Waals surface area (Å²) in [6.07, 6.45) is 6.20. The molecule has 4 heteroatoms. The highest BCUT2D eigenvalue weighted by molar-refractivity contribution is 6.21. The molecule has 0 radical (unpaired) electrons. The second-order valence-electron chi connectivity index (χ2n) is 7.66. The summed E-state index contributed by atoms with van der Waals surface area (Å²) in [5.74, 6) is 0.263. The van der Waals surface area contributed by atoms with Crippen molar-refractivity contribution >= 4 is 11.8 Å². The van der Waals surface area contributed by atoms with E-state index in [-0.39, 0.29) is 11.8 Å². The van der Waals surface area contributed by atoms with Crippen LogP contribution in [0.3, 0.4) is 0 Å². The second kappa shape index (κ2) is 5.45. The molecule has 3 aliphatic rings. The molecule has 0 bridgehead atoms. The van der Waals surface area contributed by atoms with Gasteiger partial charge >= 0.3 is 0 Å². The first-order chi connectivity index (χ1) is 11.1. The van der Waals surface area contributed by atoms with Gasteiger partial charge in [0, 0.05) is 18.9 Å². The largest absolute Gasteiger partial charge is 0.323 e. The Balaban J connectivity index is 1.57. The first-order valence-electron chi connectivity index (χ1n) is 8.89. The standard InChI is InChI=1S/C19H25N2O2/c1-21-11-5-4-10-17(21)14(7-6-12-21)13-20-18(22)15-8-2-3-9-16(15)19(20)23/h2-3,8-9,14,17H,4-7,10-13H2,1H3/q+1/t14-,17+,21?/m0/s1. The van der Waals surface area contributed by atoms with E-state index in [9.17, 15) is 9.59 Å². The fraction of sp³-hybridized carbons (Fsp3) is 0.579. The summed E-state index contributed by atoms with van der Waals surface area (Å²) in [7, 11) is 2.37. The fourth-order valence-electron chi connectivity index (χ4n) is 5.09. The van der Waals surface area contributed by atoms with E-state index in [0.717, 1.165) is 10.9 Å². The minimum atomic E-state index is -0.0961. The maximum Gasteiger partial charge on any atom is 0.261 e. The molecular formula is C19H25N2O2+. The summed E-state index contributed by atoms with van der Waals surface area (Å²) >= 11 is 0. The normalized spacial score (nSPS) is 33.5. The third-order valence-corrected chi connectivity index (χ3v) is 6.30. The third kappa shape index (κ3) is 2.31. The van der Waals surface area contributed by atoms with Gasteiger partial charge in [0.15, 0.2) is 0 Å². The number of fused-ring (bicyclic) bond motifs is 2. The van der Waals surface area contributed by atoms with E-state index in [1.807, 2.05) is 12.1 Å². The molecule has 1 aromatic carbocycles. The van der Waals surface area contributed by atoms with E-state index in [1.165, 1.54) is 43.7 Å². The number of benzene rings is 1. The Morgan fingerprint density at radius 2 is 1.65 bits per heavy atom. The van der Waals surface area contributed by atoms with Gasteiger partial charge in [0.25, 0.3) is 11.8 Å². The molecule has 2 fully saturated rings. The van der Waals surface area contributed by atoms with Crippen molar-refractivity contribution in [2.24, 2.45) is 5.92 Å². The van der Waals surface area contributed by atoms with Crippen LogP contribution < -0.4 is 0 Å². The van der Waals surface area contributed by atoms with Gasteiger partial charge in [-0.25, -0.2) is 0 Å². The van der Waals surface area contributed by atoms with Crippen LogP contribution in [0.15, 0.2) is 24.3 Å². The number of rotatable bonds is 2. The molecule has 2 amide bonds. The van der Waals surface area contributed by atoms with Gasteiger partial charge in [-0.2, -0.15) is 0 Å². The molecule has 1 unspecified atom stereocenters. The van der Waals surface area contributed by atoms with Gasteiger partial charge in [-0.05, 0) is 37.8 Å². The summed E-state index contributed by atoms with van der Waals surface area (Å²) in [5, 5.41) is 0. The van der Waals surface area contributed by atoms with Crippen LogP contribution in [0.25, 0.3) is 0 Å². The number of carbonyl (C=O) groups is 2. The van der Waals surface area contributed by atoms with Crippen molar-refractivity contribution in [2.75, 3.05) is 26.7 Å². The average Bonchev–Trinajstić information content (AvgIpc) is 2.80. The second-order valence-corrected chi connectivity index (χ2v) is 7.66. The van der Waals surface area contributed by atoms with E-state index >= 15 is 0 Å². The van der Waals surface area contributed by atoms with Gasteiger partial charge in [-0.1, -0.05) is 12.1 Å². The summed E-state index contributed by atoms with van der Waals surface area (Å²) in [6.45, 7) is 3.11. The molecule has 4 rings (SSSR count). The van der Waals surface area contributed by atoms with Crippen LogP contribution in [0.2, 0.25) is 0 Å². The molecule has 3 atom stereocenters. The molecule has 0 spiro atoms.